The molecule has 1 aromatic rings. The van der Waals surface area contributed by atoms with Crippen LogP contribution in [0.1, 0.15) is 20.3 Å². The molecule has 1 aliphatic heterocycles. The van der Waals surface area contributed by atoms with Crippen LogP contribution >= 0.6 is 0 Å². The average molecular weight is 340 g/mol. The molecule has 1 unspecified atom stereocenters. The molecule has 24 heavy (non-hydrogen) atoms. The minimum atomic E-state index is -0.520. The smallest absolute Gasteiger partial charge is 0.191 e. The second-order valence-electron chi connectivity index (χ2n) is 5.60. The van der Waals surface area contributed by atoms with Gasteiger partial charge in [-0.2, -0.15) is 0 Å². The Balaban J connectivity index is 1.94. The number of nitrogens with zero attached hydrogens (tertiary/aromatic N) is 2. The van der Waals surface area contributed by atoms with E-state index < -0.39 is 11.6 Å². The number of para-hydroxylation sites is 1. The predicted molar refractivity (Wildman–Crippen MR) is 92.6 cm³/mol. The van der Waals surface area contributed by atoms with Gasteiger partial charge in [-0.25, -0.2) is 8.78 Å². The van der Waals surface area contributed by atoms with Gasteiger partial charge in [0.2, 0.25) is 0 Å². The number of ether oxygens (including phenoxy) is 1. The minimum absolute atomic E-state index is 0.0556. The molecule has 5 nitrogen and oxygen atoms in total. The fraction of sp³-hybridized carbons (Fsp3) is 0.588. The molecule has 0 aromatic heterocycles. The third kappa shape index (κ3) is 5.06. The maximum atomic E-state index is 13.9. The molecule has 1 heterocycles. The topological polar surface area (TPSA) is 48.9 Å². The van der Waals surface area contributed by atoms with Gasteiger partial charge in [0.15, 0.2) is 5.96 Å². The van der Waals surface area contributed by atoms with Crippen molar-refractivity contribution < 1.29 is 13.5 Å². The van der Waals surface area contributed by atoms with E-state index in [1.165, 1.54) is 18.2 Å². The lowest BCUT2D eigenvalue weighted by Gasteiger charge is -2.21. The molecule has 0 spiro atoms. The summed E-state index contributed by atoms with van der Waals surface area (Å²) < 4.78 is 33.1. The van der Waals surface area contributed by atoms with Gasteiger partial charge in [0, 0.05) is 32.3 Å². The highest BCUT2D eigenvalue weighted by atomic mass is 19.1. The van der Waals surface area contributed by atoms with E-state index in [2.05, 4.69) is 15.6 Å². The predicted octanol–water partition coefficient (Wildman–Crippen LogP) is 2.14. The number of aliphatic imine (C=N–C) groups is 1. The Morgan fingerprint density at radius 3 is 2.75 bits per heavy atom. The normalized spacial score (nSPS) is 18.1. The van der Waals surface area contributed by atoms with Crippen LogP contribution in [0.5, 0.6) is 0 Å². The van der Waals surface area contributed by atoms with Crippen molar-refractivity contribution in [1.82, 2.24) is 10.6 Å². The van der Waals surface area contributed by atoms with E-state index in [1.54, 1.807) is 4.90 Å². The van der Waals surface area contributed by atoms with Crippen LogP contribution in [0, 0.1) is 11.6 Å². The summed E-state index contributed by atoms with van der Waals surface area (Å²) in [5.41, 5.74) is 0.0556. The highest BCUT2D eigenvalue weighted by molar-refractivity contribution is 5.80. The van der Waals surface area contributed by atoms with Crippen LogP contribution in [0.2, 0.25) is 0 Å². The van der Waals surface area contributed by atoms with Crippen molar-refractivity contribution in [3.05, 3.63) is 29.8 Å². The van der Waals surface area contributed by atoms with E-state index in [4.69, 9.17) is 4.74 Å². The zero-order valence-electron chi connectivity index (χ0n) is 14.3. The summed E-state index contributed by atoms with van der Waals surface area (Å²) in [6, 6.07) is 4.05. The first kappa shape index (κ1) is 18.4. The Hall–Kier alpha value is -1.89. The van der Waals surface area contributed by atoms with Crippen LogP contribution in [0.25, 0.3) is 0 Å². The van der Waals surface area contributed by atoms with E-state index in [0.717, 1.165) is 13.0 Å². The fourth-order valence-corrected chi connectivity index (χ4v) is 2.75. The van der Waals surface area contributed by atoms with Crippen molar-refractivity contribution in [3.63, 3.8) is 0 Å². The zero-order chi connectivity index (χ0) is 17.4. The fourth-order valence-electron chi connectivity index (χ4n) is 2.75. The van der Waals surface area contributed by atoms with Gasteiger partial charge in [-0.15, -0.1) is 0 Å². The van der Waals surface area contributed by atoms with Gasteiger partial charge >= 0.3 is 0 Å². The summed E-state index contributed by atoms with van der Waals surface area (Å²) in [6.45, 7) is 7.65. The number of hydrogen-bond donors (Lipinski definition) is 2. The van der Waals surface area contributed by atoms with Gasteiger partial charge in [-0.3, -0.25) is 4.99 Å². The summed E-state index contributed by atoms with van der Waals surface area (Å²) in [5.74, 6) is -0.334. The quantitative estimate of drug-likeness (QED) is 0.454. The Morgan fingerprint density at radius 2 is 2.08 bits per heavy atom. The van der Waals surface area contributed by atoms with Gasteiger partial charge < -0.3 is 20.3 Å². The molecule has 1 atom stereocenters. The second kappa shape index (κ2) is 9.42. The summed E-state index contributed by atoms with van der Waals surface area (Å²) in [4.78, 5) is 6.19. The second-order valence-corrected chi connectivity index (χ2v) is 5.60. The largest absolute Gasteiger partial charge is 0.380 e. The average Bonchev–Trinajstić information content (AvgIpc) is 2.99. The van der Waals surface area contributed by atoms with Gasteiger partial charge in [0.05, 0.1) is 13.2 Å². The van der Waals surface area contributed by atoms with Crippen molar-refractivity contribution in [2.24, 2.45) is 4.99 Å². The zero-order valence-corrected chi connectivity index (χ0v) is 14.3. The van der Waals surface area contributed by atoms with Crippen molar-refractivity contribution >= 4 is 11.6 Å². The Bertz CT molecular complexity index is 533. The van der Waals surface area contributed by atoms with E-state index in [-0.39, 0.29) is 11.7 Å². The monoisotopic (exact) mass is 340 g/mol. The molecule has 1 aromatic carbocycles. The van der Waals surface area contributed by atoms with Crippen LogP contribution in [0.3, 0.4) is 0 Å². The standard InChI is InChI=1S/C17H26F2N4O/c1-3-20-17(21-9-11-24-4-2)22-13-8-10-23(12-13)16-14(18)6-5-7-15(16)19/h5-7,13H,3-4,8-12H2,1-2H3,(H2,20,21,22). The lowest BCUT2D eigenvalue weighted by molar-refractivity contribution is 0.155. The molecule has 2 rings (SSSR count). The SMILES string of the molecule is CCNC(=NCCOCC)NC1CCN(c2c(F)cccc2F)C1. The first-order chi connectivity index (χ1) is 11.7. The molecule has 1 fully saturated rings. The van der Waals surface area contributed by atoms with Gasteiger partial charge in [-0.05, 0) is 32.4 Å². The van der Waals surface area contributed by atoms with Crippen molar-refractivity contribution in [3.8, 4) is 0 Å². The van der Waals surface area contributed by atoms with Gasteiger partial charge in [-0.1, -0.05) is 6.07 Å². The molecule has 1 saturated heterocycles. The summed E-state index contributed by atoms with van der Waals surface area (Å²) in [5, 5.41) is 6.51. The van der Waals surface area contributed by atoms with Crippen molar-refractivity contribution in [2.45, 2.75) is 26.3 Å². The van der Waals surface area contributed by atoms with E-state index >= 15 is 0 Å². The molecular formula is C17H26F2N4O. The van der Waals surface area contributed by atoms with Gasteiger partial charge in [0.25, 0.3) is 0 Å². The number of nitrogens with one attached hydrogen (secondary N) is 2. The van der Waals surface area contributed by atoms with Crippen molar-refractivity contribution in [1.29, 1.82) is 0 Å². The molecule has 2 N–H and O–H groups in total. The summed E-state index contributed by atoms with van der Waals surface area (Å²) >= 11 is 0. The van der Waals surface area contributed by atoms with Crippen LogP contribution in [-0.4, -0.2) is 51.4 Å². The molecule has 1 aliphatic rings. The molecule has 0 amide bonds. The number of benzene rings is 1. The van der Waals surface area contributed by atoms with Crippen LogP contribution in [0.4, 0.5) is 14.5 Å². The Labute approximate surface area is 142 Å². The third-order valence-corrected chi connectivity index (χ3v) is 3.84. The van der Waals surface area contributed by atoms with Crippen LogP contribution < -0.4 is 15.5 Å². The molecule has 134 valence electrons. The minimum Gasteiger partial charge on any atom is -0.380 e. The molecule has 0 saturated carbocycles. The highest BCUT2D eigenvalue weighted by Crippen LogP contribution is 2.26. The van der Waals surface area contributed by atoms with E-state index in [1.807, 2.05) is 13.8 Å². The Kier molecular flexibility index (Phi) is 7.24. The molecule has 0 radical (unpaired) electrons. The third-order valence-electron chi connectivity index (χ3n) is 3.84. The first-order valence-electron chi connectivity index (χ1n) is 8.47. The number of rotatable bonds is 7. The van der Waals surface area contributed by atoms with Crippen molar-refractivity contribution in [2.75, 3.05) is 44.3 Å². The van der Waals surface area contributed by atoms with E-state index in [0.29, 0.717) is 38.8 Å². The maximum absolute atomic E-state index is 13.9. The summed E-state index contributed by atoms with van der Waals surface area (Å²) in [6.07, 6.45) is 0.795. The molecular weight excluding hydrogens is 314 g/mol. The molecule has 0 bridgehead atoms. The molecule has 0 aliphatic carbocycles. The number of guanidine groups is 1. The lowest BCUT2D eigenvalue weighted by atomic mass is 10.2. The number of hydrogen-bond acceptors (Lipinski definition) is 3. The summed E-state index contributed by atoms with van der Waals surface area (Å²) in [7, 11) is 0. The number of halogens is 2. The van der Waals surface area contributed by atoms with Gasteiger partial charge in [0.1, 0.15) is 17.3 Å². The first-order valence-corrected chi connectivity index (χ1v) is 8.47. The van der Waals surface area contributed by atoms with Crippen LogP contribution in [0.15, 0.2) is 23.2 Å². The lowest BCUT2D eigenvalue weighted by Crippen LogP contribution is -2.44. The highest BCUT2D eigenvalue weighted by Gasteiger charge is 2.27. The maximum Gasteiger partial charge on any atom is 0.191 e. The van der Waals surface area contributed by atoms with Crippen LogP contribution in [-0.2, 0) is 4.74 Å². The van der Waals surface area contributed by atoms with E-state index in [9.17, 15) is 8.78 Å². The number of anilines is 1. The molecule has 7 heteroatoms. The Morgan fingerprint density at radius 1 is 1.33 bits per heavy atom.